The van der Waals surface area contributed by atoms with Crippen LogP contribution in [-0.2, 0) is 21.4 Å². The van der Waals surface area contributed by atoms with Crippen LogP contribution in [0.5, 0.6) is 0 Å². The van der Waals surface area contributed by atoms with Gasteiger partial charge in [0.25, 0.3) is 10.0 Å². The van der Waals surface area contributed by atoms with Crippen LogP contribution in [0, 0.1) is 0 Å². The Labute approximate surface area is 124 Å². The van der Waals surface area contributed by atoms with Crippen LogP contribution in [0.2, 0.25) is 0 Å². The number of carboxylic acids is 1. The van der Waals surface area contributed by atoms with E-state index in [9.17, 15) is 13.2 Å². The summed E-state index contributed by atoms with van der Waals surface area (Å²) in [6.07, 6.45) is 3.01. The molecule has 0 spiro atoms. The molecule has 2 rings (SSSR count). The van der Waals surface area contributed by atoms with Gasteiger partial charge in [0.2, 0.25) is 0 Å². The summed E-state index contributed by atoms with van der Waals surface area (Å²) in [5, 5.41) is 9.03. The molecule has 1 atom stereocenters. The van der Waals surface area contributed by atoms with Gasteiger partial charge in [-0.25, -0.2) is 13.4 Å². The molecule has 1 aromatic heterocycles. The number of carboxylic acid groups (broad SMARTS) is 1. The van der Waals surface area contributed by atoms with E-state index in [1.807, 2.05) is 6.92 Å². The van der Waals surface area contributed by atoms with Crippen molar-refractivity contribution in [3.63, 3.8) is 0 Å². The number of aryl methyl sites for hydroxylation is 1. The highest BCUT2D eigenvalue weighted by Gasteiger charge is 2.32. The van der Waals surface area contributed by atoms with Gasteiger partial charge in [-0.1, -0.05) is 0 Å². The van der Waals surface area contributed by atoms with Gasteiger partial charge in [-0.2, -0.15) is 4.31 Å². The van der Waals surface area contributed by atoms with Crippen LogP contribution in [0.3, 0.4) is 0 Å². The third-order valence-electron chi connectivity index (χ3n) is 3.76. The smallest absolute Gasteiger partial charge is 0.320 e. The zero-order chi connectivity index (χ0) is 15.6. The van der Waals surface area contributed by atoms with Crippen LogP contribution in [0.1, 0.15) is 13.8 Å². The molecule has 1 saturated heterocycles. The number of hydrogen-bond acceptors (Lipinski definition) is 5. The van der Waals surface area contributed by atoms with E-state index in [-0.39, 0.29) is 18.1 Å². The zero-order valence-corrected chi connectivity index (χ0v) is 13.0. The molecule has 1 fully saturated rings. The maximum absolute atomic E-state index is 12.4. The molecule has 0 amide bonds. The average molecular weight is 316 g/mol. The van der Waals surface area contributed by atoms with E-state index in [2.05, 4.69) is 4.98 Å². The van der Waals surface area contributed by atoms with Gasteiger partial charge in [0.1, 0.15) is 6.04 Å². The lowest BCUT2D eigenvalue weighted by molar-refractivity contribution is -0.143. The molecular formula is C12H20N4O4S. The monoisotopic (exact) mass is 316 g/mol. The van der Waals surface area contributed by atoms with Crippen molar-refractivity contribution < 1.29 is 18.3 Å². The molecule has 118 valence electrons. The fraction of sp³-hybridized carbons (Fsp3) is 0.667. The minimum Gasteiger partial charge on any atom is -0.480 e. The van der Waals surface area contributed by atoms with Gasteiger partial charge in [-0.15, -0.1) is 0 Å². The summed E-state index contributed by atoms with van der Waals surface area (Å²) in [6, 6.07) is -0.603. The molecule has 0 saturated carbocycles. The van der Waals surface area contributed by atoms with Crippen molar-refractivity contribution in [2.75, 3.05) is 26.2 Å². The van der Waals surface area contributed by atoms with E-state index in [0.29, 0.717) is 19.6 Å². The van der Waals surface area contributed by atoms with Crippen molar-refractivity contribution >= 4 is 16.0 Å². The van der Waals surface area contributed by atoms with Crippen molar-refractivity contribution in [3.05, 3.63) is 12.5 Å². The number of imidazole rings is 1. The van der Waals surface area contributed by atoms with Crippen LogP contribution in [0.15, 0.2) is 17.6 Å². The minimum atomic E-state index is -3.59. The van der Waals surface area contributed by atoms with Crippen LogP contribution >= 0.6 is 0 Å². The maximum atomic E-state index is 12.4. The summed E-state index contributed by atoms with van der Waals surface area (Å²) in [7, 11) is -3.59. The molecule has 1 unspecified atom stereocenters. The first-order chi connectivity index (χ1) is 9.86. The number of hydrogen-bond donors (Lipinski definition) is 1. The number of aromatic nitrogens is 2. The molecule has 1 aromatic rings. The van der Waals surface area contributed by atoms with E-state index >= 15 is 0 Å². The molecule has 1 N–H and O–H groups in total. The van der Waals surface area contributed by atoms with Crippen LogP contribution in [0.25, 0.3) is 0 Å². The molecule has 0 aromatic carbocycles. The summed E-state index contributed by atoms with van der Waals surface area (Å²) < 4.78 is 27.9. The Bertz CT molecular complexity index is 605. The molecule has 0 aliphatic carbocycles. The normalized spacial score (nSPS) is 19.5. The Morgan fingerprint density at radius 1 is 1.38 bits per heavy atom. The van der Waals surface area contributed by atoms with Gasteiger partial charge >= 0.3 is 5.97 Å². The van der Waals surface area contributed by atoms with Gasteiger partial charge in [-0.05, 0) is 13.8 Å². The van der Waals surface area contributed by atoms with E-state index in [1.165, 1.54) is 16.8 Å². The SMILES string of the molecule is CCn1cnc(S(=O)(=O)N2CCN(C(C)C(=O)O)CC2)c1. The highest BCUT2D eigenvalue weighted by atomic mass is 32.2. The number of piperazine rings is 1. The minimum absolute atomic E-state index is 0.0454. The maximum Gasteiger partial charge on any atom is 0.320 e. The lowest BCUT2D eigenvalue weighted by atomic mass is 10.2. The van der Waals surface area contributed by atoms with Gasteiger partial charge in [0.15, 0.2) is 5.03 Å². The number of sulfonamides is 1. The number of nitrogens with zero attached hydrogens (tertiary/aromatic N) is 4. The second kappa shape index (κ2) is 6.12. The molecular weight excluding hydrogens is 296 g/mol. The molecule has 1 aliphatic rings. The third kappa shape index (κ3) is 3.25. The second-order valence-electron chi connectivity index (χ2n) is 5.00. The predicted molar refractivity (Wildman–Crippen MR) is 75.3 cm³/mol. The number of carbonyl (C=O) groups is 1. The Morgan fingerprint density at radius 3 is 2.48 bits per heavy atom. The summed E-state index contributed by atoms with van der Waals surface area (Å²) in [5.41, 5.74) is 0. The van der Waals surface area contributed by atoms with Crippen LogP contribution in [-0.4, -0.2) is 70.5 Å². The highest BCUT2D eigenvalue weighted by Crippen LogP contribution is 2.16. The summed E-state index contributed by atoms with van der Waals surface area (Å²) in [4.78, 5) is 16.7. The molecule has 21 heavy (non-hydrogen) atoms. The van der Waals surface area contributed by atoms with E-state index in [0.717, 1.165) is 0 Å². The standard InChI is InChI=1S/C12H20N4O4S/c1-3-14-8-11(13-9-14)21(19,20)16-6-4-15(5-7-16)10(2)12(17)18/h8-10H,3-7H2,1-2H3,(H,17,18). The Hall–Kier alpha value is -1.45. The van der Waals surface area contributed by atoms with E-state index in [4.69, 9.17) is 5.11 Å². The Morgan fingerprint density at radius 2 is 2.00 bits per heavy atom. The van der Waals surface area contributed by atoms with Crippen molar-refractivity contribution in [1.82, 2.24) is 18.8 Å². The lowest BCUT2D eigenvalue weighted by Crippen LogP contribution is -2.53. The van der Waals surface area contributed by atoms with Crippen molar-refractivity contribution in [2.24, 2.45) is 0 Å². The summed E-state index contributed by atoms with van der Waals surface area (Å²) in [5.74, 6) is -0.895. The Balaban J connectivity index is 2.05. The summed E-state index contributed by atoms with van der Waals surface area (Å²) in [6.45, 7) is 5.53. The number of aliphatic carboxylic acids is 1. The molecule has 9 heteroatoms. The fourth-order valence-electron chi connectivity index (χ4n) is 2.27. The van der Waals surface area contributed by atoms with Crippen LogP contribution in [0.4, 0.5) is 0 Å². The number of rotatable bonds is 5. The predicted octanol–water partition coefficient (Wildman–Crippen LogP) is -0.318. The van der Waals surface area contributed by atoms with Crippen molar-refractivity contribution in [3.8, 4) is 0 Å². The first-order valence-corrected chi connectivity index (χ1v) is 8.29. The van der Waals surface area contributed by atoms with E-state index < -0.39 is 22.0 Å². The largest absolute Gasteiger partial charge is 0.480 e. The first kappa shape index (κ1) is 15.9. The highest BCUT2D eigenvalue weighted by molar-refractivity contribution is 7.89. The topological polar surface area (TPSA) is 95.7 Å². The molecule has 0 bridgehead atoms. The Kier molecular flexibility index (Phi) is 4.64. The van der Waals surface area contributed by atoms with Gasteiger partial charge in [0, 0.05) is 38.9 Å². The first-order valence-electron chi connectivity index (χ1n) is 6.85. The van der Waals surface area contributed by atoms with E-state index in [1.54, 1.807) is 16.4 Å². The van der Waals surface area contributed by atoms with Crippen LogP contribution < -0.4 is 0 Å². The van der Waals surface area contributed by atoms with Gasteiger partial charge in [0.05, 0.1) is 6.33 Å². The van der Waals surface area contributed by atoms with Gasteiger partial charge in [-0.3, -0.25) is 9.69 Å². The van der Waals surface area contributed by atoms with Crippen molar-refractivity contribution in [1.29, 1.82) is 0 Å². The quantitative estimate of drug-likeness (QED) is 0.800. The lowest BCUT2D eigenvalue weighted by Gasteiger charge is -2.35. The molecule has 1 aliphatic heterocycles. The fourth-order valence-corrected chi connectivity index (χ4v) is 3.62. The zero-order valence-electron chi connectivity index (χ0n) is 12.1. The molecule has 0 radical (unpaired) electrons. The average Bonchev–Trinajstić information content (AvgIpc) is 2.96. The van der Waals surface area contributed by atoms with Crippen molar-refractivity contribution in [2.45, 2.75) is 31.5 Å². The summed E-state index contributed by atoms with van der Waals surface area (Å²) >= 11 is 0. The second-order valence-corrected chi connectivity index (χ2v) is 6.88. The molecule has 2 heterocycles. The molecule has 8 nitrogen and oxygen atoms in total. The van der Waals surface area contributed by atoms with Gasteiger partial charge < -0.3 is 9.67 Å². The third-order valence-corrected chi connectivity index (χ3v) is 5.54.